The average molecular weight is 449 g/mol. The zero-order chi connectivity index (χ0) is 20.8. The van der Waals surface area contributed by atoms with Crippen molar-refractivity contribution in [1.29, 1.82) is 0 Å². The van der Waals surface area contributed by atoms with Gasteiger partial charge in [-0.05, 0) is 66.1 Å². The monoisotopic (exact) mass is 448 g/mol. The number of aliphatic hydroxyl groups excluding tert-OH is 1. The number of aliphatic hydroxyl groups is 1. The van der Waals surface area contributed by atoms with E-state index in [9.17, 15) is 4.79 Å². The second kappa shape index (κ2) is 10.8. The number of rotatable bonds is 10. The van der Waals surface area contributed by atoms with Crippen LogP contribution in [0.2, 0.25) is 0 Å². The second-order valence-electron chi connectivity index (χ2n) is 8.44. The molecule has 2 aromatic rings. The fourth-order valence-electron chi connectivity index (χ4n) is 4.89. The smallest absolute Gasteiger partial charge is 0.414 e. The van der Waals surface area contributed by atoms with Gasteiger partial charge in [-0.2, -0.15) is 22.7 Å². The molecule has 1 N–H and O–H groups in total. The highest BCUT2D eigenvalue weighted by molar-refractivity contribution is 7.08. The van der Waals surface area contributed by atoms with Crippen LogP contribution in [0.1, 0.15) is 56.9 Å². The molecular weight excluding hydrogens is 416 g/mol. The van der Waals surface area contributed by atoms with E-state index in [4.69, 9.17) is 9.84 Å². The van der Waals surface area contributed by atoms with Gasteiger partial charge in [0, 0.05) is 36.9 Å². The first kappa shape index (κ1) is 21.8. The van der Waals surface area contributed by atoms with Crippen molar-refractivity contribution in [1.82, 2.24) is 4.90 Å². The lowest BCUT2D eigenvalue weighted by Gasteiger charge is -2.39. The minimum absolute atomic E-state index is 0.0178. The quantitative estimate of drug-likeness (QED) is 0.488. The predicted octanol–water partition coefficient (Wildman–Crippen LogP) is 5.50. The molecule has 4 heterocycles. The molecule has 0 aliphatic carbocycles. The van der Waals surface area contributed by atoms with Gasteiger partial charge in [0.05, 0.1) is 12.2 Å². The molecule has 1 amide bonds. The highest BCUT2D eigenvalue weighted by atomic mass is 32.1. The summed E-state index contributed by atoms with van der Waals surface area (Å²) in [6.45, 7) is 2.00. The van der Waals surface area contributed by atoms with Gasteiger partial charge < -0.3 is 9.84 Å². The number of nitrogens with zero attached hydrogens (tertiary/aromatic N) is 2. The molecule has 2 aromatic heterocycles. The van der Waals surface area contributed by atoms with Crippen LogP contribution in [0.3, 0.4) is 0 Å². The van der Waals surface area contributed by atoms with Crippen molar-refractivity contribution in [2.75, 3.05) is 18.1 Å². The molecule has 3 atom stereocenters. The highest BCUT2D eigenvalue weighted by Gasteiger charge is 2.42. The molecule has 2 saturated heterocycles. The molecule has 164 valence electrons. The van der Waals surface area contributed by atoms with Crippen molar-refractivity contribution >= 4 is 34.5 Å². The van der Waals surface area contributed by atoms with E-state index < -0.39 is 0 Å². The van der Waals surface area contributed by atoms with Crippen LogP contribution in [0, 0.1) is 0 Å². The third kappa shape index (κ3) is 5.44. The van der Waals surface area contributed by atoms with Crippen molar-refractivity contribution in [3.05, 3.63) is 39.2 Å². The number of fused-ring (bicyclic) bond motifs is 2. The summed E-state index contributed by atoms with van der Waals surface area (Å²) in [4.78, 5) is 17.5. The summed E-state index contributed by atoms with van der Waals surface area (Å²) < 4.78 is 6.05. The number of carbonyl (C=O) groups is 1. The molecule has 30 heavy (non-hydrogen) atoms. The van der Waals surface area contributed by atoms with Crippen LogP contribution in [0.4, 0.5) is 10.5 Å². The van der Waals surface area contributed by atoms with Crippen molar-refractivity contribution in [2.45, 2.75) is 76.1 Å². The Labute approximate surface area is 187 Å². The van der Waals surface area contributed by atoms with Crippen molar-refractivity contribution in [2.24, 2.45) is 0 Å². The lowest BCUT2D eigenvalue weighted by molar-refractivity contribution is 0.0199. The van der Waals surface area contributed by atoms with Gasteiger partial charge >= 0.3 is 6.09 Å². The number of carbonyl (C=O) groups excluding carboxylic acids is 1. The third-order valence-corrected chi connectivity index (χ3v) is 7.79. The van der Waals surface area contributed by atoms with E-state index in [1.807, 2.05) is 22.2 Å². The maximum Gasteiger partial charge on any atom is 0.414 e. The lowest BCUT2D eigenvalue weighted by Crippen LogP contribution is -2.47. The Bertz CT molecular complexity index is 752. The Kier molecular flexibility index (Phi) is 7.82. The molecule has 0 radical (unpaired) electrons. The molecule has 2 aliphatic rings. The molecule has 2 bridgehead atoms. The van der Waals surface area contributed by atoms with E-state index in [-0.39, 0.29) is 12.2 Å². The van der Waals surface area contributed by atoms with Crippen LogP contribution in [-0.4, -0.2) is 47.4 Å². The van der Waals surface area contributed by atoms with Gasteiger partial charge in [0.25, 0.3) is 0 Å². The van der Waals surface area contributed by atoms with E-state index in [1.165, 1.54) is 25.7 Å². The second-order valence-corrected chi connectivity index (χ2v) is 10.00. The van der Waals surface area contributed by atoms with Gasteiger partial charge in [-0.1, -0.05) is 12.8 Å². The number of thiophene rings is 2. The first-order valence-electron chi connectivity index (χ1n) is 11.1. The number of unbranched alkanes of at least 4 members (excludes halogenated alkanes) is 3. The number of hydrogen-bond donors (Lipinski definition) is 1. The van der Waals surface area contributed by atoms with E-state index >= 15 is 0 Å². The van der Waals surface area contributed by atoms with Crippen LogP contribution < -0.4 is 4.90 Å². The standard InChI is InChI=1S/C23H32N2O3S2/c26-10-4-2-1-3-9-24-19-5-6-20(24)14-22(13-19)28-23(27)25(21-8-12-30-17-21)15-18-7-11-29-16-18/h7-8,11-12,16-17,19-20,22,26H,1-6,9-10,13-15H2/t19-,20+,22+. The van der Waals surface area contributed by atoms with Crippen molar-refractivity contribution in [3.63, 3.8) is 0 Å². The van der Waals surface area contributed by atoms with Crippen LogP contribution >= 0.6 is 22.7 Å². The molecule has 7 heteroatoms. The SMILES string of the molecule is O=C(O[C@H]1C[C@H]2CC[C@@H](C1)N2CCCCCCO)N(Cc1ccsc1)c1ccsc1. The van der Waals surface area contributed by atoms with E-state index in [1.54, 1.807) is 27.6 Å². The lowest BCUT2D eigenvalue weighted by atomic mass is 9.99. The van der Waals surface area contributed by atoms with Gasteiger partial charge in [0.2, 0.25) is 0 Å². The van der Waals surface area contributed by atoms with Crippen molar-refractivity contribution in [3.8, 4) is 0 Å². The molecule has 2 fully saturated rings. The van der Waals surface area contributed by atoms with Crippen LogP contribution in [-0.2, 0) is 11.3 Å². The molecule has 0 saturated carbocycles. The van der Waals surface area contributed by atoms with Gasteiger partial charge in [-0.3, -0.25) is 9.80 Å². The number of ether oxygens (including phenoxy) is 1. The summed E-state index contributed by atoms with van der Waals surface area (Å²) in [5, 5.41) is 17.1. The summed E-state index contributed by atoms with van der Waals surface area (Å²) in [6.07, 6.45) is 8.56. The fraction of sp³-hybridized carbons (Fsp3) is 0.609. The first-order chi connectivity index (χ1) is 14.7. The summed E-state index contributed by atoms with van der Waals surface area (Å²) in [5.41, 5.74) is 2.05. The largest absolute Gasteiger partial charge is 0.446 e. The number of hydrogen-bond acceptors (Lipinski definition) is 6. The molecular formula is C23H32N2O3S2. The number of piperidine rings is 1. The zero-order valence-electron chi connectivity index (χ0n) is 17.4. The van der Waals surface area contributed by atoms with Gasteiger partial charge in [0.15, 0.2) is 0 Å². The van der Waals surface area contributed by atoms with Gasteiger partial charge in [0.1, 0.15) is 6.10 Å². The van der Waals surface area contributed by atoms with Crippen LogP contribution in [0.25, 0.3) is 0 Å². The summed E-state index contributed by atoms with van der Waals surface area (Å²) in [5.74, 6) is 0. The molecule has 0 spiro atoms. The summed E-state index contributed by atoms with van der Waals surface area (Å²) in [7, 11) is 0. The zero-order valence-corrected chi connectivity index (χ0v) is 19.1. The summed E-state index contributed by atoms with van der Waals surface area (Å²) in [6, 6.07) is 5.15. The minimum Gasteiger partial charge on any atom is -0.446 e. The minimum atomic E-state index is -0.221. The maximum absolute atomic E-state index is 13.1. The number of anilines is 1. The highest BCUT2D eigenvalue weighted by Crippen LogP contribution is 2.37. The van der Waals surface area contributed by atoms with Crippen LogP contribution in [0.15, 0.2) is 33.7 Å². The average Bonchev–Trinajstić information content (AvgIpc) is 3.48. The van der Waals surface area contributed by atoms with E-state index in [2.05, 4.69) is 16.3 Å². The fourth-order valence-corrected chi connectivity index (χ4v) is 6.19. The summed E-state index contributed by atoms with van der Waals surface area (Å²) >= 11 is 3.25. The maximum atomic E-state index is 13.1. The van der Waals surface area contributed by atoms with E-state index in [0.29, 0.717) is 25.2 Å². The van der Waals surface area contributed by atoms with E-state index in [0.717, 1.165) is 43.5 Å². The number of amides is 1. The molecule has 0 unspecified atom stereocenters. The Morgan fingerprint density at radius 1 is 1.07 bits per heavy atom. The predicted molar refractivity (Wildman–Crippen MR) is 123 cm³/mol. The Balaban J connectivity index is 1.31. The topological polar surface area (TPSA) is 53.0 Å². The van der Waals surface area contributed by atoms with Crippen LogP contribution in [0.5, 0.6) is 0 Å². The van der Waals surface area contributed by atoms with Gasteiger partial charge in [-0.25, -0.2) is 4.79 Å². The molecule has 4 rings (SSSR count). The molecule has 5 nitrogen and oxygen atoms in total. The van der Waals surface area contributed by atoms with Gasteiger partial charge in [-0.15, -0.1) is 0 Å². The first-order valence-corrected chi connectivity index (χ1v) is 13.0. The third-order valence-electron chi connectivity index (χ3n) is 6.39. The molecule has 2 aliphatic heterocycles. The Morgan fingerprint density at radius 3 is 2.47 bits per heavy atom. The normalized spacial score (nSPS) is 23.6. The molecule has 0 aromatic carbocycles. The van der Waals surface area contributed by atoms with Crippen molar-refractivity contribution < 1.29 is 14.6 Å². The Morgan fingerprint density at radius 2 is 1.80 bits per heavy atom. The Hall–Kier alpha value is -1.41.